The summed E-state index contributed by atoms with van der Waals surface area (Å²) in [4.78, 5) is 0.250. The van der Waals surface area contributed by atoms with Gasteiger partial charge >= 0.3 is 0 Å². The van der Waals surface area contributed by atoms with E-state index in [0.29, 0.717) is 18.8 Å². The second-order valence-electron chi connectivity index (χ2n) is 5.67. The lowest BCUT2D eigenvalue weighted by Gasteiger charge is -2.17. The molecule has 0 amide bonds. The van der Waals surface area contributed by atoms with Gasteiger partial charge in [-0.25, -0.2) is 13.1 Å². The van der Waals surface area contributed by atoms with Crippen LogP contribution < -0.4 is 9.46 Å². The van der Waals surface area contributed by atoms with Gasteiger partial charge in [-0.1, -0.05) is 50.6 Å². The topological polar surface area (TPSA) is 55.4 Å². The Labute approximate surface area is 144 Å². The average Bonchev–Trinajstić information content (AvgIpc) is 2.61. The van der Waals surface area contributed by atoms with Crippen LogP contribution in [0.5, 0.6) is 5.75 Å². The Morgan fingerprint density at radius 3 is 2.25 bits per heavy atom. The van der Waals surface area contributed by atoms with E-state index in [9.17, 15) is 8.42 Å². The molecule has 1 N–H and O–H groups in total. The Morgan fingerprint density at radius 1 is 1.00 bits per heavy atom. The second-order valence-corrected chi connectivity index (χ2v) is 7.38. The van der Waals surface area contributed by atoms with Crippen LogP contribution in [0.4, 0.5) is 0 Å². The molecule has 2 aromatic rings. The molecule has 2 rings (SSSR count). The smallest absolute Gasteiger partial charge is 0.241 e. The monoisotopic (exact) mass is 347 g/mol. The van der Waals surface area contributed by atoms with Gasteiger partial charge in [-0.3, -0.25) is 0 Å². The van der Waals surface area contributed by atoms with Gasteiger partial charge in [0.1, 0.15) is 5.75 Å². The fourth-order valence-corrected chi connectivity index (χ4v) is 3.68. The zero-order valence-corrected chi connectivity index (χ0v) is 15.1. The summed E-state index contributed by atoms with van der Waals surface area (Å²) in [5, 5.41) is 0. The summed E-state index contributed by atoms with van der Waals surface area (Å²) in [6.45, 7) is 4.71. The maximum atomic E-state index is 12.6. The van der Waals surface area contributed by atoms with Gasteiger partial charge in [0, 0.05) is 6.04 Å². The number of sulfonamides is 1. The number of unbranched alkanes of at least 4 members (excludes halogenated alkanes) is 1. The SMILES string of the molecule is CCCCOc1ccc(S(=O)(=O)NC(CC)c2ccccc2)cc1. The highest BCUT2D eigenvalue weighted by atomic mass is 32.2. The minimum atomic E-state index is -3.57. The van der Waals surface area contributed by atoms with E-state index in [1.165, 1.54) is 0 Å². The molecule has 0 heterocycles. The molecule has 5 heteroatoms. The first kappa shape index (κ1) is 18.5. The predicted octanol–water partition coefficient (Wildman–Crippen LogP) is 4.30. The van der Waals surface area contributed by atoms with Crippen molar-refractivity contribution in [1.82, 2.24) is 4.72 Å². The van der Waals surface area contributed by atoms with Crippen molar-refractivity contribution >= 4 is 10.0 Å². The summed E-state index contributed by atoms with van der Waals surface area (Å²) in [6, 6.07) is 15.9. The summed E-state index contributed by atoms with van der Waals surface area (Å²) in [6.07, 6.45) is 2.73. The van der Waals surface area contributed by atoms with Crippen molar-refractivity contribution < 1.29 is 13.2 Å². The van der Waals surface area contributed by atoms with Gasteiger partial charge in [-0.15, -0.1) is 0 Å². The third kappa shape index (κ3) is 5.08. The minimum Gasteiger partial charge on any atom is -0.494 e. The maximum Gasteiger partial charge on any atom is 0.241 e. The molecule has 2 aromatic carbocycles. The number of hydrogen-bond acceptors (Lipinski definition) is 3. The zero-order chi connectivity index (χ0) is 17.4. The van der Waals surface area contributed by atoms with Crippen LogP contribution in [0.3, 0.4) is 0 Å². The molecule has 0 aliphatic carbocycles. The normalized spacial score (nSPS) is 12.8. The molecule has 130 valence electrons. The molecule has 0 radical (unpaired) electrons. The standard InChI is InChI=1S/C19H25NO3S/c1-3-5-15-23-17-11-13-18(14-12-17)24(21,22)20-19(4-2)16-9-7-6-8-10-16/h6-14,19-20H,3-5,15H2,1-2H3. The molecule has 0 aliphatic rings. The van der Waals surface area contributed by atoms with Gasteiger partial charge in [0.25, 0.3) is 0 Å². The summed E-state index contributed by atoms with van der Waals surface area (Å²) in [5.74, 6) is 0.692. The Kier molecular flexibility index (Phi) is 6.82. The van der Waals surface area contributed by atoms with Crippen LogP contribution in [0.1, 0.15) is 44.7 Å². The van der Waals surface area contributed by atoms with E-state index in [1.54, 1.807) is 24.3 Å². The van der Waals surface area contributed by atoms with Crippen LogP contribution in [0.15, 0.2) is 59.5 Å². The number of benzene rings is 2. The van der Waals surface area contributed by atoms with E-state index in [-0.39, 0.29) is 10.9 Å². The van der Waals surface area contributed by atoms with E-state index >= 15 is 0 Å². The Morgan fingerprint density at radius 2 is 1.67 bits per heavy atom. The van der Waals surface area contributed by atoms with Crippen LogP contribution >= 0.6 is 0 Å². The molecule has 24 heavy (non-hydrogen) atoms. The highest BCUT2D eigenvalue weighted by Gasteiger charge is 2.20. The molecule has 0 fully saturated rings. The van der Waals surface area contributed by atoms with Crippen LogP contribution in [0, 0.1) is 0 Å². The molecule has 1 atom stereocenters. The number of ether oxygens (including phenoxy) is 1. The fraction of sp³-hybridized carbons (Fsp3) is 0.368. The van der Waals surface area contributed by atoms with Crippen molar-refractivity contribution in [1.29, 1.82) is 0 Å². The predicted molar refractivity (Wildman–Crippen MR) is 96.6 cm³/mol. The number of nitrogens with one attached hydrogen (secondary N) is 1. The van der Waals surface area contributed by atoms with Crippen molar-refractivity contribution in [2.75, 3.05) is 6.61 Å². The lowest BCUT2D eigenvalue weighted by atomic mass is 10.1. The Hall–Kier alpha value is -1.85. The first-order valence-electron chi connectivity index (χ1n) is 8.37. The molecule has 0 aliphatic heterocycles. The minimum absolute atomic E-state index is 0.239. The average molecular weight is 347 g/mol. The first-order valence-corrected chi connectivity index (χ1v) is 9.85. The third-order valence-electron chi connectivity index (χ3n) is 3.81. The molecule has 0 spiro atoms. The Bertz CT molecular complexity index is 712. The zero-order valence-electron chi connectivity index (χ0n) is 14.2. The van der Waals surface area contributed by atoms with E-state index < -0.39 is 10.0 Å². The van der Waals surface area contributed by atoms with E-state index in [1.807, 2.05) is 37.3 Å². The molecular formula is C19H25NO3S. The van der Waals surface area contributed by atoms with Gasteiger partial charge in [-0.05, 0) is 42.7 Å². The number of hydrogen-bond donors (Lipinski definition) is 1. The van der Waals surface area contributed by atoms with Gasteiger partial charge in [0.2, 0.25) is 10.0 Å². The molecule has 0 saturated carbocycles. The van der Waals surface area contributed by atoms with E-state index in [2.05, 4.69) is 11.6 Å². The molecule has 1 unspecified atom stereocenters. The Balaban J connectivity index is 2.09. The van der Waals surface area contributed by atoms with Crippen LogP contribution in [-0.2, 0) is 10.0 Å². The summed E-state index contributed by atoms with van der Waals surface area (Å²) in [5.41, 5.74) is 0.961. The highest BCUT2D eigenvalue weighted by molar-refractivity contribution is 7.89. The van der Waals surface area contributed by atoms with E-state index in [4.69, 9.17) is 4.74 Å². The van der Waals surface area contributed by atoms with Crippen molar-refractivity contribution in [3.63, 3.8) is 0 Å². The lowest BCUT2D eigenvalue weighted by molar-refractivity contribution is 0.309. The van der Waals surface area contributed by atoms with Crippen molar-refractivity contribution in [2.45, 2.75) is 44.0 Å². The molecule has 0 bridgehead atoms. The molecule has 0 saturated heterocycles. The van der Waals surface area contributed by atoms with Gasteiger partial charge in [0.15, 0.2) is 0 Å². The third-order valence-corrected chi connectivity index (χ3v) is 5.30. The van der Waals surface area contributed by atoms with Gasteiger partial charge in [0.05, 0.1) is 11.5 Å². The summed E-state index contributed by atoms with van der Waals surface area (Å²) < 4.78 is 33.5. The van der Waals surface area contributed by atoms with E-state index in [0.717, 1.165) is 18.4 Å². The number of rotatable bonds is 9. The van der Waals surface area contributed by atoms with Gasteiger partial charge in [-0.2, -0.15) is 0 Å². The van der Waals surface area contributed by atoms with Crippen LogP contribution in [0.25, 0.3) is 0 Å². The second kappa shape index (κ2) is 8.85. The van der Waals surface area contributed by atoms with Crippen molar-refractivity contribution in [2.24, 2.45) is 0 Å². The highest BCUT2D eigenvalue weighted by Crippen LogP contribution is 2.21. The molecule has 0 aromatic heterocycles. The quantitative estimate of drug-likeness (QED) is 0.688. The summed E-state index contributed by atoms with van der Waals surface area (Å²) >= 11 is 0. The first-order chi connectivity index (χ1) is 11.6. The molecular weight excluding hydrogens is 322 g/mol. The van der Waals surface area contributed by atoms with Crippen molar-refractivity contribution in [3.05, 3.63) is 60.2 Å². The lowest BCUT2D eigenvalue weighted by Crippen LogP contribution is -2.28. The maximum absolute atomic E-state index is 12.6. The largest absolute Gasteiger partial charge is 0.494 e. The fourth-order valence-electron chi connectivity index (χ4n) is 2.38. The van der Waals surface area contributed by atoms with Crippen LogP contribution in [-0.4, -0.2) is 15.0 Å². The molecule has 4 nitrogen and oxygen atoms in total. The summed E-state index contributed by atoms with van der Waals surface area (Å²) in [7, 11) is -3.57. The van der Waals surface area contributed by atoms with Crippen molar-refractivity contribution in [3.8, 4) is 5.75 Å². The van der Waals surface area contributed by atoms with Gasteiger partial charge < -0.3 is 4.74 Å². The van der Waals surface area contributed by atoms with Crippen LogP contribution in [0.2, 0.25) is 0 Å².